The van der Waals surface area contributed by atoms with Crippen LogP contribution in [-0.4, -0.2) is 105 Å². The second-order valence-electron chi connectivity index (χ2n) is 17.9. The van der Waals surface area contributed by atoms with E-state index >= 15 is 0 Å². The zero-order valence-electron chi connectivity index (χ0n) is 33.9. The summed E-state index contributed by atoms with van der Waals surface area (Å²) in [6, 6.07) is 14.6. The Hall–Kier alpha value is -4.70. The van der Waals surface area contributed by atoms with E-state index in [2.05, 4.69) is 5.32 Å². The molecule has 0 spiro atoms. The van der Waals surface area contributed by atoms with E-state index < -0.39 is 124 Å². The highest BCUT2D eigenvalue weighted by atomic mass is 16.6. The number of rotatable bonds is 8. The molecule has 314 valence electrons. The first-order valence-corrected chi connectivity index (χ1v) is 19.5. The number of ketones is 2. The second kappa shape index (κ2) is 15.2. The lowest BCUT2D eigenvalue weighted by Crippen LogP contribution is -2.82. The standard InChI is InChI=1S/C43H53NO14/c1-22-26(55-37(51)32(48)30(24-15-11-9-12-16-24)44-38(52)58-39(3,4)5)20-43(53)35(56-36(50)25-17-13-10-14-18-25)33-41(8,34(49)31(47)29(22)40(43,6)7)27(46)19-28-42(33,21-54-28)57-23(2)45/h9-18,22,26-30,32-33,35,46,48,53H,19-21H2,1-8H3,(H,44,52). The molecule has 6 rings (SSSR count). The highest BCUT2D eigenvalue weighted by Crippen LogP contribution is 2.64. The van der Waals surface area contributed by atoms with Crippen LogP contribution in [0.1, 0.15) is 90.2 Å². The summed E-state index contributed by atoms with van der Waals surface area (Å²) in [7, 11) is 0. The molecule has 4 aliphatic rings. The minimum atomic E-state index is -2.36. The van der Waals surface area contributed by atoms with Crippen molar-refractivity contribution < 1.29 is 67.8 Å². The lowest BCUT2D eigenvalue weighted by molar-refractivity contribution is -0.350. The third kappa shape index (κ3) is 7.09. The van der Waals surface area contributed by atoms with Crippen LogP contribution in [-0.2, 0) is 42.9 Å². The van der Waals surface area contributed by atoms with E-state index in [4.69, 9.17) is 23.7 Å². The smallest absolute Gasteiger partial charge is 0.408 e. The van der Waals surface area contributed by atoms with Crippen molar-refractivity contribution in [3.8, 4) is 0 Å². The Morgan fingerprint density at radius 1 is 0.948 bits per heavy atom. The Kier molecular flexibility index (Phi) is 11.2. The third-order valence-corrected chi connectivity index (χ3v) is 12.9. The molecule has 4 N–H and O–H groups in total. The average Bonchev–Trinajstić information content (AvgIpc) is 3.14. The Balaban J connectivity index is 1.46. The molecule has 3 saturated carbocycles. The SMILES string of the molecule is CC(=O)OC12COC1CC(O)C1(C)C(=O)C(=O)C3C(C)C(OC(=O)C(O)C(NC(=O)OC(C)(C)C)c4ccccc4)CC(O)(C(OC(=O)c4ccccc4)C21)C3(C)C. The van der Waals surface area contributed by atoms with Crippen LogP contribution in [0, 0.1) is 28.6 Å². The summed E-state index contributed by atoms with van der Waals surface area (Å²) in [4.78, 5) is 83.6. The van der Waals surface area contributed by atoms with Crippen LogP contribution >= 0.6 is 0 Å². The summed E-state index contributed by atoms with van der Waals surface area (Å²) in [5.41, 5.74) is -8.31. The van der Waals surface area contributed by atoms with Gasteiger partial charge in [-0.1, -0.05) is 69.3 Å². The fourth-order valence-electron chi connectivity index (χ4n) is 9.87. The van der Waals surface area contributed by atoms with Crippen molar-refractivity contribution in [2.75, 3.05) is 6.61 Å². The number of aliphatic hydroxyl groups is 3. The Bertz CT molecular complexity index is 1950. The van der Waals surface area contributed by atoms with Crippen LogP contribution in [0.2, 0.25) is 0 Å². The average molecular weight is 808 g/mol. The lowest BCUT2D eigenvalue weighted by Gasteiger charge is -2.67. The van der Waals surface area contributed by atoms with Gasteiger partial charge < -0.3 is 44.3 Å². The number of carbonyl (C=O) groups is 6. The van der Waals surface area contributed by atoms with Gasteiger partial charge >= 0.3 is 24.0 Å². The van der Waals surface area contributed by atoms with Crippen molar-refractivity contribution >= 4 is 35.6 Å². The van der Waals surface area contributed by atoms with Gasteiger partial charge in [-0.15, -0.1) is 0 Å². The van der Waals surface area contributed by atoms with Crippen molar-refractivity contribution in [1.82, 2.24) is 5.32 Å². The van der Waals surface area contributed by atoms with Crippen LogP contribution in [0.5, 0.6) is 0 Å². The van der Waals surface area contributed by atoms with Gasteiger partial charge in [0, 0.05) is 37.0 Å². The molecular formula is C43H53NO14. The van der Waals surface area contributed by atoms with Crippen LogP contribution in [0.25, 0.3) is 0 Å². The predicted molar refractivity (Wildman–Crippen MR) is 203 cm³/mol. The first-order valence-electron chi connectivity index (χ1n) is 19.5. The zero-order chi connectivity index (χ0) is 42.7. The van der Waals surface area contributed by atoms with E-state index in [0.717, 1.165) is 6.92 Å². The molecule has 15 heteroatoms. The van der Waals surface area contributed by atoms with Crippen molar-refractivity contribution in [2.24, 2.45) is 28.6 Å². The molecule has 0 radical (unpaired) electrons. The summed E-state index contributed by atoms with van der Waals surface area (Å²) in [6.07, 6.45) is -9.48. The van der Waals surface area contributed by atoms with E-state index in [-0.39, 0.29) is 18.6 Å². The molecule has 58 heavy (non-hydrogen) atoms. The summed E-state index contributed by atoms with van der Waals surface area (Å²) >= 11 is 0. The minimum absolute atomic E-state index is 0.0747. The van der Waals surface area contributed by atoms with Gasteiger partial charge in [-0.3, -0.25) is 14.4 Å². The largest absolute Gasteiger partial charge is 0.460 e. The Morgan fingerprint density at radius 2 is 1.55 bits per heavy atom. The van der Waals surface area contributed by atoms with E-state index in [1.807, 2.05) is 0 Å². The molecule has 2 aromatic carbocycles. The van der Waals surface area contributed by atoms with Crippen molar-refractivity contribution in [1.29, 1.82) is 0 Å². The Morgan fingerprint density at radius 3 is 2.10 bits per heavy atom. The van der Waals surface area contributed by atoms with Gasteiger partial charge in [0.05, 0.1) is 35.6 Å². The van der Waals surface area contributed by atoms with E-state index in [1.54, 1.807) is 90.1 Å². The van der Waals surface area contributed by atoms with E-state index in [0.29, 0.717) is 5.56 Å². The summed E-state index contributed by atoms with van der Waals surface area (Å²) < 4.78 is 29.5. The highest BCUT2D eigenvalue weighted by Gasteiger charge is 2.79. The molecule has 15 nitrogen and oxygen atoms in total. The third-order valence-electron chi connectivity index (χ3n) is 12.9. The Labute approximate surface area is 336 Å². The molecule has 12 atom stereocenters. The lowest BCUT2D eigenvalue weighted by atomic mass is 9.42. The quantitative estimate of drug-likeness (QED) is 0.171. The van der Waals surface area contributed by atoms with Crippen molar-refractivity contribution in [3.05, 3.63) is 71.8 Å². The van der Waals surface area contributed by atoms with Gasteiger partial charge in [0.15, 0.2) is 11.7 Å². The number of ether oxygens (including phenoxy) is 5. The zero-order valence-corrected chi connectivity index (χ0v) is 33.9. The number of alkyl carbamates (subject to hydrolysis) is 1. The maximum Gasteiger partial charge on any atom is 0.408 e. The van der Waals surface area contributed by atoms with Crippen molar-refractivity contribution in [2.45, 2.75) is 122 Å². The number of Topliss-reactive ketones (excluding diaryl/α,β-unsaturated/α-hetero) is 2. The van der Waals surface area contributed by atoms with Gasteiger partial charge in [-0.2, -0.15) is 0 Å². The van der Waals surface area contributed by atoms with Crippen LogP contribution < -0.4 is 5.32 Å². The number of esters is 3. The number of carbonyl (C=O) groups excluding carboxylic acids is 6. The van der Waals surface area contributed by atoms with Crippen molar-refractivity contribution in [3.63, 3.8) is 0 Å². The fourth-order valence-corrected chi connectivity index (χ4v) is 9.87. The number of amides is 1. The number of aliphatic hydroxyl groups excluding tert-OH is 2. The topological polar surface area (TPSA) is 221 Å². The molecule has 4 fully saturated rings. The minimum Gasteiger partial charge on any atom is -0.460 e. The fraction of sp³-hybridized carbons (Fsp3) is 0.581. The first-order chi connectivity index (χ1) is 27.0. The summed E-state index contributed by atoms with van der Waals surface area (Å²) in [6.45, 7) is 11.8. The number of fused-ring (bicyclic) bond motifs is 5. The van der Waals surface area contributed by atoms with Crippen LogP contribution in [0.4, 0.5) is 4.79 Å². The number of benzene rings is 2. The molecule has 2 bridgehead atoms. The monoisotopic (exact) mass is 807 g/mol. The molecule has 1 aliphatic heterocycles. The molecule has 0 aromatic heterocycles. The van der Waals surface area contributed by atoms with Crippen LogP contribution in [0.3, 0.4) is 0 Å². The molecule has 1 heterocycles. The summed E-state index contributed by atoms with van der Waals surface area (Å²) in [5.74, 6) is -8.93. The highest BCUT2D eigenvalue weighted by molar-refractivity contribution is 6.40. The molecule has 12 unspecified atom stereocenters. The number of hydrogen-bond acceptors (Lipinski definition) is 14. The predicted octanol–water partition coefficient (Wildman–Crippen LogP) is 3.40. The molecule has 1 amide bonds. The van der Waals surface area contributed by atoms with Gasteiger partial charge in [0.1, 0.15) is 29.5 Å². The first kappa shape index (κ1) is 42.9. The van der Waals surface area contributed by atoms with E-state index in [9.17, 15) is 44.1 Å². The van der Waals surface area contributed by atoms with Gasteiger partial charge in [-0.05, 0) is 45.4 Å². The molecule has 2 aromatic rings. The van der Waals surface area contributed by atoms with Crippen LogP contribution in [0.15, 0.2) is 60.7 Å². The van der Waals surface area contributed by atoms with E-state index in [1.165, 1.54) is 19.1 Å². The van der Waals surface area contributed by atoms with Gasteiger partial charge in [-0.25, -0.2) is 14.4 Å². The number of nitrogens with one attached hydrogen (secondary N) is 1. The molecule has 1 saturated heterocycles. The normalized spacial score (nSPS) is 34.9. The maximum atomic E-state index is 14.9. The van der Waals surface area contributed by atoms with Gasteiger partial charge in [0.25, 0.3) is 0 Å². The second-order valence-corrected chi connectivity index (χ2v) is 17.9. The molecule has 3 aliphatic carbocycles. The number of hydrogen-bond donors (Lipinski definition) is 4. The summed E-state index contributed by atoms with van der Waals surface area (Å²) in [5, 5.41) is 39.3. The van der Waals surface area contributed by atoms with Gasteiger partial charge in [0.2, 0.25) is 11.6 Å². The maximum absolute atomic E-state index is 14.9. The molecular weight excluding hydrogens is 754 g/mol.